The SMILES string of the molecule is COCC(COC)Nc1cc(N2CCN(C)CC2)ccc1C(=O)OC(C)(C)C. The third kappa shape index (κ3) is 6.65. The van der Waals surface area contributed by atoms with Crippen molar-refractivity contribution >= 4 is 17.3 Å². The summed E-state index contributed by atoms with van der Waals surface area (Å²) in [6.07, 6.45) is 0. The summed E-state index contributed by atoms with van der Waals surface area (Å²) in [7, 11) is 5.44. The molecule has 28 heavy (non-hydrogen) atoms. The van der Waals surface area contributed by atoms with Crippen LogP contribution in [0.4, 0.5) is 11.4 Å². The van der Waals surface area contributed by atoms with E-state index in [0.29, 0.717) is 18.8 Å². The zero-order chi connectivity index (χ0) is 20.7. The molecule has 7 nitrogen and oxygen atoms in total. The first kappa shape index (κ1) is 22.5. The number of carbonyl (C=O) groups is 1. The van der Waals surface area contributed by atoms with E-state index in [1.165, 1.54) is 0 Å². The minimum absolute atomic E-state index is 0.0704. The zero-order valence-electron chi connectivity index (χ0n) is 18.1. The predicted octanol–water partition coefficient (Wildman–Crippen LogP) is 2.47. The molecule has 0 aliphatic carbocycles. The van der Waals surface area contributed by atoms with Crippen LogP contribution in [0.15, 0.2) is 18.2 Å². The molecule has 0 spiro atoms. The number of hydrogen-bond donors (Lipinski definition) is 1. The maximum Gasteiger partial charge on any atom is 0.340 e. The lowest BCUT2D eigenvalue weighted by molar-refractivity contribution is 0.00704. The Balaban J connectivity index is 2.30. The van der Waals surface area contributed by atoms with E-state index in [-0.39, 0.29) is 12.0 Å². The van der Waals surface area contributed by atoms with Gasteiger partial charge in [-0.3, -0.25) is 0 Å². The largest absolute Gasteiger partial charge is 0.456 e. The van der Waals surface area contributed by atoms with Crippen LogP contribution in [-0.4, -0.2) is 83.2 Å². The number of esters is 1. The van der Waals surface area contributed by atoms with Gasteiger partial charge in [0.15, 0.2) is 0 Å². The van der Waals surface area contributed by atoms with Crippen molar-refractivity contribution in [3.63, 3.8) is 0 Å². The van der Waals surface area contributed by atoms with E-state index in [0.717, 1.165) is 37.6 Å². The molecule has 2 rings (SSSR count). The van der Waals surface area contributed by atoms with Crippen LogP contribution in [0.1, 0.15) is 31.1 Å². The summed E-state index contributed by atoms with van der Waals surface area (Å²) in [5.74, 6) is -0.339. The summed E-state index contributed by atoms with van der Waals surface area (Å²) in [4.78, 5) is 17.4. The minimum atomic E-state index is -0.553. The molecule has 1 N–H and O–H groups in total. The molecule has 0 bridgehead atoms. The molecule has 0 radical (unpaired) electrons. The highest BCUT2D eigenvalue weighted by molar-refractivity contribution is 5.96. The number of hydrogen-bond acceptors (Lipinski definition) is 7. The fourth-order valence-corrected chi connectivity index (χ4v) is 3.18. The van der Waals surface area contributed by atoms with Gasteiger partial charge in [0.25, 0.3) is 0 Å². The van der Waals surface area contributed by atoms with Gasteiger partial charge in [0.1, 0.15) is 5.60 Å². The summed E-state index contributed by atoms with van der Waals surface area (Å²) in [5, 5.41) is 3.42. The van der Waals surface area contributed by atoms with E-state index in [2.05, 4.69) is 22.2 Å². The Hall–Kier alpha value is -1.83. The van der Waals surface area contributed by atoms with Crippen molar-refractivity contribution in [1.29, 1.82) is 0 Å². The Morgan fingerprint density at radius 2 is 1.71 bits per heavy atom. The lowest BCUT2D eigenvalue weighted by atomic mass is 10.1. The van der Waals surface area contributed by atoms with E-state index in [9.17, 15) is 4.79 Å². The maximum atomic E-state index is 12.8. The molecule has 1 saturated heterocycles. The fraction of sp³-hybridized carbons (Fsp3) is 0.667. The van der Waals surface area contributed by atoms with Crippen LogP contribution in [-0.2, 0) is 14.2 Å². The van der Waals surface area contributed by atoms with Crippen molar-refractivity contribution in [2.75, 3.05) is 70.9 Å². The molecule has 7 heteroatoms. The zero-order valence-corrected chi connectivity index (χ0v) is 18.1. The normalized spacial score (nSPS) is 15.8. The number of methoxy groups -OCH3 is 2. The number of nitrogens with zero attached hydrogens (tertiary/aromatic N) is 2. The molecule has 158 valence electrons. The van der Waals surface area contributed by atoms with Crippen LogP contribution in [0.5, 0.6) is 0 Å². The topological polar surface area (TPSA) is 63.3 Å². The van der Waals surface area contributed by atoms with Crippen LogP contribution in [0.2, 0.25) is 0 Å². The van der Waals surface area contributed by atoms with E-state index in [1.807, 2.05) is 39.0 Å². The first-order valence-corrected chi connectivity index (χ1v) is 9.79. The van der Waals surface area contributed by atoms with Crippen LogP contribution in [0.3, 0.4) is 0 Å². The molecular weight excluding hydrogens is 358 g/mol. The van der Waals surface area contributed by atoms with E-state index in [4.69, 9.17) is 14.2 Å². The highest BCUT2D eigenvalue weighted by Crippen LogP contribution is 2.27. The summed E-state index contributed by atoms with van der Waals surface area (Å²) in [6, 6.07) is 5.81. The molecule has 0 amide bonds. The minimum Gasteiger partial charge on any atom is -0.456 e. The molecule has 1 aliphatic rings. The number of anilines is 2. The van der Waals surface area contributed by atoms with Gasteiger partial charge in [0.2, 0.25) is 0 Å². The van der Waals surface area contributed by atoms with Crippen LogP contribution >= 0.6 is 0 Å². The third-order valence-corrected chi connectivity index (χ3v) is 4.59. The first-order valence-electron chi connectivity index (χ1n) is 9.79. The standard InChI is InChI=1S/C21H35N3O4/c1-21(2,3)28-20(25)18-8-7-17(24-11-9-23(4)10-12-24)13-19(18)22-16(14-26-5)15-27-6/h7-8,13,16,22H,9-12,14-15H2,1-6H3. The molecule has 1 aromatic carbocycles. The molecule has 1 heterocycles. The van der Waals surface area contributed by atoms with Gasteiger partial charge in [0, 0.05) is 46.1 Å². The number of rotatable bonds is 8. The van der Waals surface area contributed by atoms with Crippen molar-refractivity contribution < 1.29 is 19.0 Å². The van der Waals surface area contributed by atoms with Gasteiger partial charge < -0.3 is 29.3 Å². The number of piperazine rings is 1. The number of benzene rings is 1. The van der Waals surface area contributed by atoms with Crippen LogP contribution in [0, 0.1) is 0 Å². The molecule has 0 atom stereocenters. The highest BCUT2D eigenvalue weighted by Gasteiger charge is 2.23. The van der Waals surface area contributed by atoms with Gasteiger partial charge in [-0.05, 0) is 46.0 Å². The van der Waals surface area contributed by atoms with Crippen molar-refractivity contribution in [3.05, 3.63) is 23.8 Å². The number of carbonyl (C=O) groups excluding carboxylic acids is 1. The van der Waals surface area contributed by atoms with Crippen molar-refractivity contribution in [2.45, 2.75) is 32.4 Å². The molecule has 1 fully saturated rings. The van der Waals surface area contributed by atoms with E-state index < -0.39 is 5.60 Å². The quantitative estimate of drug-likeness (QED) is 0.681. The van der Waals surface area contributed by atoms with Gasteiger partial charge in [-0.25, -0.2) is 4.79 Å². The monoisotopic (exact) mass is 393 g/mol. The fourth-order valence-electron chi connectivity index (χ4n) is 3.18. The average Bonchev–Trinajstić information content (AvgIpc) is 2.61. The van der Waals surface area contributed by atoms with Gasteiger partial charge in [-0.15, -0.1) is 0 Å². The summed E-state index contributed by atoms with van der Waals surface area (Å²) in [5.41, 5.74) is 1.80. The van der Waals surface area contributed by atoms with Gasteiger partial charge in [0.05, 0.1) is 30.5 Å². The van der Waals surface area contributed by atoms with E-state index in [1.54, 1.807) is 14.2 Å². The maximum absolute atomic E-state index is 12.8. The number of nitrogens with one attached hydrogen (secondary N) is 1. The Labute approximate surface area is 168 Å². The smallest absolute Gasteiger partial charge is 0.340 e. The summed E-state index contributed by atoms with van der Waals surface area (Å²) in [6.45, 7) is 10.5. The Kier molecular flexibility index (Phi) is 8.10. The summed E-state index contributed by atoms with van der Waals surface area (Å²) >= 11 is 0. The van der Waals surface area contributed by atoms with Crippen molar-refractivity contribution in [2.24, 2.45) is 0 Å². The third-order valence-electron chi connectivity index (χ3n) is 4.59. The molecular formula is C21H35N3O4. The van der Waals surface area contributed by atoms with Crippen molar-refractivity contribution in [3.8, 4) is 0 Å². The molecule has 0 saturated carbocycles. The Morgan fingerprint density at radius 1 is 1.11 bits per heavy atom. The van der Waals surface area contributed by atoms with Gasteiger partial charge in [-0.2, -0.15) is 0 Å². The average molecular weight is 394 g/mol. The van der Waals surface area contributed by atoms with Crippen LogP contribution < -0.4 is 10.2 Å². The number of likely N-dealkylation sites (N-methyl/N-ethyl adjacent to an activating group) is 1. The number of ether oxygens (including phenoxy) is 3. The lowest BCUT2D eigenvalue weighted by Gasteiger charge is -2.34. The predicted molar refractivity (Wildman–Crippen MR) is 112 cm³/mol. The molecule has 1 aromatic rings. The molecule has 0 aromatic heterocycles. The lowest BCUT2D eigenvalue weighted by Crippen LogP contribution is -2.44. The van der Waals surface area contributed by atoms with Crippen molar-refractivity contribution in [1.82, 2.24) is 4.90 Å². The summed E-state index contributed by atoms with van der Waals surface area (Å²) < 4.78 is 16.2. The first-order chi connectivity index (χ1) is 13.2. The second kappa shape index (κ2) is 10.1. The molecule has 0 unspecified atom stereocenters. The Morgan fingerprint density at radius 3 is 2.25 bits per heavy atom. The second-order valence-electron chi connectivity index (χ2n) is 8.27. The molecule has 1 aliphatic heterocycles. The van der Waals surface area contributed by atoms with Crippen LogP contribution in [0.25, 0.3) is 0 Å². The highest BCUT2D eigenvalue weighted by atomic mass is 16.6. The van der Waals surface area contributed by atoms with Gasteiger partial charge in [-0.1, -0.05) is 0 Å². The second-order valence-corrected chi connectivity index (χ2v) is 8.27. The van der Waals surface area contributed by atoms with Gasteiger partial charge >= 0.3 is 5.97 Å². The Bertz CT molecular complexity index is 631. The van der Waals surface area contributed by atoms with E-state index >= 15 is 0 Å².